The van der Waals surface area contributed by atoms with Gasteiger partial charge in [-0.25, -0.2) is 19.3 Å². The second kappa shape index (κ2) is 5.34. The number of aromatic nitrogens is 4. The number of rotatable bonds is 2. The second-order valence-electron chi connectivity index (χ2n) is 5.16. The Labute approximate surface area is 126 Å². The van der Waals surface area contributed by atoms with Crippen LogP contribution >= 0.6 is 0 Å². The summed E-state index contributed by atoms with van der Waals surface area (Å²) in [6.45, 7) is 1.97. The van der Waals surface area contributed by atoms with Gasteiger partial charge in [0.2, 0.25) is 0 Å². The number of nitrogens with one attached hydrogen (secondary N) is 1. The lowest BCUT2D eigenvalue weighted by Gasteiger charge is -2.34. The highest BCUT2D eigenvalue weighted by atomic mass is 19.1. The number of imidazole rings is 1. The molecule has 0 amide bonds. The quantitative estimate of drug-likeness (QED) is 0.784. The first kappa shape index (κ1) is 13.1. The Hall–Kier alpha value is -2.54. The molecule has 0 unspecified atom stereocenters. The summed E-state index contributed by atoms with van der Waals surface area (Å²) >= 11 is 0. The molecular weight excluding hydrogens is 285 g/mol. The summed E-state index contributed by atoms with van der Waals surface area (Å²) in [6.07, 6.45) is 3.02. The van der Waals surface area contributed by atoms with Crippen molar-refractivity contribution in [2.75, 3.05) is 24.6 Å². The summed E-state index contributed by atoms with van der Waals surface area (Å²) in [7, 11) is 0. The zero-order valence-corrected chi connectivity index (χ0v) is 11.7. The minimum atomic E-state index is -0.244. The van der Waals surface area contributed by atoms with Gasteiger partial charge >= 0.3 is 0 Å². The molecule has 7 heteroatoms. The van der Waals surface area contributed by atoms with Gasteiger partial charge in [-0.05, 0) is 17.7 Å². The highest BCUT2D eigenvalue weighted by Crippen LogP contribution is 2.27. The van der Waals surface area contributed by atoms with Crippen molar-refractivity contribution < 1.29 is 9.13 Å². The lowest BCUT2D eigenvalue weighted by molar-refractivity contribution is 0.0396. The molecule has 1 saturated heterocycles. The van der Waals surface area contributed by atoms with E-state index in [2.05, 4.69) is 24.8 Å². The molecule has 22 heavy (non-hydrogen) atoms. The first-order valence-corrected chi connectivity index (χ1v) is 7.07. The number of H-pyrrole nitrogens is 1. The van der Waals surface area contributed by atoms with Crippen molar-refractivity contribution in [1.82, 2.24) is 19.9 Å². The molecular formula is C15H14FN5O. The van der Waals surface area contributed by atoms with Crippen LogP contribution in [0.1, 0.15) is 11.7 Å². The second-order valence-corrected chi connectivity index (χ2v) is 5.16. The lowest BCUT2D eigenvalue weighted by atomic mass is 10.1. The van der Waals surface area contributed by atoms with Gasteiger partial charge < -0.3 is 14.6 Å². The normalized spacial score (nSPS) is 18.8. The predicted molar refractivity (Wildman–Crippen MR) is 79.0 cm³/mol. The van der Waals surface area contributed by atoms with Crippen LogP contribution in [0.2, 0.25) is 0 Å². The van der Waals surface area contributed by atoms with Crippen LogP contribution in [0.15, 0.2) is 36.9 Å². The van der Waals surface area contributed by atoms with E-state index < -0.39 is 0 Å². The lowest BCUT2D eigenvalue weighted by Crippen LogP contribution is -2.39. The van der Waals surface area contributed by atoms with Gasteiger partial charge in [0.1, 0.15) is 23.8 Å². The molecule has 0 aliphatic carbocycles. The Morgan fingerprint density at radius 3 is 2.91 bits per heavy atom. The van der Waals surface area contributed by atoms with Gasteiger partial charge in [0.15, 0.2) is 11.5 Å². The molecule has 0 saturated carbocycles. The fraction of sp³-hybridized carbons (Fsp3) is 0.267. The molecule has 3 aromatic rings. The predicted octanol–water partition coefficient (Wildman–Crippen LogP) is 2.07. The molecule has 1 aliphatic rings. The Morgan fingerprint density at radius 2 is 2.05 bits per heavy atom. The SMILES string of the molecule is Fc1ccc([C@@H]2CN(c3ncnc4nc[nH]c34)CCO2)cc1. The zero-order chi connectivity index (χ0) is 14.9. The molecule has 3 heterocycles. The molecule has 0 radical (unpaired) electrons. The molecule has 1 aromatic carbocycles. The van der Waals surface area contributed by atoms with Gasteiger partial charge in [0.25, 0.3) is 0 Å². The largest absolute Gasteiger partial charge is 0.370 e. The molecule has 1 N–H and O–H groups in total. The van der Waals surface area contributed by atoms with Crippen LogP contribution in [0, 0.1) is 5.82 Å². The third kappa shape index (κ3) is 2.29. The van der Waals surface area contributed by atoms with Crippen molar-refractivity contribution in [2.24, 2.45) is 0 Å². The smallest absolute Gasteiger partial charge is 0.182 e. The molecule has 1 atom stereocenters. The van der Waals surface area contributed by atoms with Gasteiger partial charge in [-0.15, -0.1) is 0 Å². The Morgan fingerprint density at radius 1 is 1.18 bits per heavy atom. The maximum Gasteiger partial charge on any atom is 0.182 e. The van der Waals surface area contributed by atoms with E-state index in [1.54, 1.807) is 18.5 Å². The number of morpholine rings is 1. The minimum Gasteiger partial charge on any atom is -0.370 e. The third-order valence-corrected chi connectivity index (χ3v) is 3.81. The maximum atomic E-state index is 13.1. The summed E-state index contributed by atoms with van der Waals surface area (Å²) in [5, 5.41) is 0. The number of ether oxygens (including phenoxy) is 1. The number of anilines is 1. The molecule has 2 aromatic heterocycles. The zero-order valence-electron chi connectivity index (χ0n) is 11.7. The Balaban J connectivity index is 1.63. The monoisotopic (exact) mass is 299 g/mol. The van der Waals surface area contributed by atoms with Gasteiger partial charge in [0.05, 0.1) is 12.9 Å². The average molecular weight is 299 g/mol. The summed E-state index contributed by atoms with van der Waals surface area (Å²) in [4.78, 5) is 17.9. The van der Waals surface area contributed by atoms with Gasteiger partial charge in [-0.1, -0.05) is 12.1 Å². The molecule has 0 spiro atoms. The summed E-state index contributed by atoms with van der Waals surface area (Å²) in [6, 6.07) is 6.43. The van der Waals surface area contributed by atoms with Crippen LogP contribution in [-0.4, -0.2) is 39.6 Å². The average Bonchev–Trinajstić information content (AvgIpc) is 3.04. The third-order valence-electron chi connectivity index (χ3n) is 3.81. The maximum absolute atomic E-state index is 13.1. The van der Waals surface area contributed by atoms with Crippen molar-refractivity contribution in [1.29, 1.82) is 0 Å². The van der Waals surface area contributed by atoms with Crippen LogP contribution < -0.4 is 4.90 Å². The summed E-state index contributed by atoms with van der Waals surface area (Å²) in [5.74, 6) is 0.573. The van der Waals surface area contributed by atoms with E-state index in [-0.39, 0.29) is 11.9 Å². The number of fused-ring (bicyclic) bond motifs is 1. The van der Waals surface area contributed by atoms with Crippen LogP contribution in [0.4, 0.5) is 10.2 Å². The van der Waals surface area contributed by atoms with Crippen molar-refractivity contribution in [2.45, 2.75) is 6.10 Å². The Bertz CT molecular complexity index is 788. The van der Waals surface area contributed by atoms with E-state index in [0.717, 1.165) is 23.4 Å². The number of hydrogen-bond donors (Lipinski definition) is 1. The van der Waals surface area contributed by atoms with Crippen LogP contribution in [0.25, 0.3) is 11.2 Å². The number of hydrogen-bond acceptors (Lipinski definition) is 5. The fourth-order valence-corrected chi connectivity index (χ4v) is 2.71. The molecule has 0 bridgehead atoms. The van der Waals surface area contributed by atoms with Crippen molar-refractivity contribution >= 4 is 17.0 Å². The van der Waals surface area contributed by atoms with E-state index in [9.17, 15) is 4.39 Å². The highest BCUT2D eigenvalue weighted by Gasteiger charge is 2.24. The van der Waals surface area contributed by atoms with Gasteiger partial charge in [0, 0.05) is 13.1 Å². The molecule has 1 fully saturated rings. The Kier molecular flexibility index (Phi) is 3.19. The molecule has 112 valence electrons. The first-order chi connectivity index (χ1) is 10.8. The van der Waals surface area contributed by atoms with Crippen molar-refractivity contribution in [3.63, 3.8) is 0 Å². The van der Waals surface area contributed by atoms with E-state index in [0.29, 0.717) is 18.8 Å². The topological polar surface area (TPSA) is 66.9 Å². The molecule has 1 aliphatic heterocycles. The van der Waals surface area contributed by atoms with Crippen LogP contribution in [-0.2, 0) is 4.74 Å². The van der Waals surface area contributed by atoms with E-state index in [4.69, 9.17) is 4.74 Å². The number of halogens is 1. The van der Waals surface area contributed by atoms with Gasteiger partial charge in [-0.2, -0.15) is 0 Å². The van der Waals surface area contributed by atoms with Crippen LogP contribution in [0.3, 0.4) is 0 Å². The van der Waals surface area contributed by atoms with Crippen molar-refractivity contribution in [3.05, 3.63) is 48.3 Å². The fourth-order valence-electron chi connectivity index (χ4n) is 2.71. The number of nitrogens with zero attached hydrogens (tertiary/aromatic N) is 4. The highest BCUT2D eigenvalue weighted by molar-refractivity contribution is 5.82. The van der Waals surface area contributed by atoms with Crippen molar-refractivity contribution in [3.8, 4) is 0 Å². The molecule has 4 rings (SSSR count). The number of benzene rings is 1. The van der Waals surface area contributed by atoms with E-state index in [1.807, 2.05) is 0 Å². The summed E-state index contributed by atoms with van der Waals surface area (Å²) in [5.41, 5.74) is 2.43. The minimum absolute atomic E-state index is 0.109. The van der Waals surface area contributed by atoms with Gasteiger partial charge in [-0.3, -0.25) is 0 Å². The number of aromatic amines is 1. The summed E-state index contributed by atoms with van der Waals surface area (Å²) < 4.78 is 18.9. The van der Waals surface area contributed by atoms with E-state index in [1.165, 1.54) is 18.5 Å². The molecule has 6 nitrogen and oxygen atoms in total. The van der Waals surface area contributed by atoms with Crippen LogP contribution in [0.5, 0.6) is 0 Å². The first-order valence-electron chi connectivity index (χ1n) is 7.07. The standard InChI is InChI=1S/C15H14FN5O/c16-11-3-1-10(2-4-11)12-7-21(5-6-22-12)15-13-14(18-8-17-13)19-9-20-15/h1-4,8-9,12H,5-7H2,(H,17,18,19,20)/t12-/m0/s1. The van der Waals surface area contributed by atoms with E-state index >= 15 is 0 Å².